The summed E-state index contributed by atoms with van der Waals surface area (Å²) >= 11 is 1.99. The fraction of sp³-hybridized carbons (Fsp3) is 0.417. The topological polar surface area (TPSA) is 69.6 Å². The van der Waals surface area contributed by atoms with Crippen molar-refractivity contribution in [1.82, 2.24) is 5.32 Å². The first-order valence-electron chi connectivity index (χ1n) is 5.52. The van der Waals surface area contributed by atoms with Crippen molar-refractivity contribution in [3.05, 3.63) is 27.3 Å². The quantitative estimate of drug-likeness (QED) is 0.723. The molecule has 1 atom stereocenters. The lowest BCUT2D eigenvalue weighted by Gasteiger charge is -2.10. The Labute approximate surface area is 113 Å². The number of carbonyl (C=O) groups is 1. The average molecular weight is 347 g/mol. The summed E-state index contributed by atoms with van der Waals surface area (Å²) in [5.41, 5.74) is 0.408. The van der Waals surface area contributed by atoms with E-state index < -0.39 is 6.10 Å². The molecule has 0 saturated heterocycles. The molecule has 0 aliphatic heterocycles. The van der Waals surface area contributed by atoms with Crippen molar-refractivity contribution in [2.24, 2.45) is 5.92 Å². The highest BCUT2D eigenvalue weighted by Crippen LogP contribution is 2.32. The molecule has 1 saturated carbocycles. The van der Waals surface area contributed by atoms with Gasteiger partial charge in [-0.2, -0.15) is 0 Å². The molecule has 1 amide bonds. The molecule has 0 heterocycles. The zero-order valence-electron chi connectivity index (χ0n) is 9.19. The smallest absolute Gasteiger partial charge is 0.251 e. The van der Waals surface area contributed by atoms with Crippen molar-refractivity contribution < 1.29 is 15.0 Å². The summed E-state index contributed by atoms with van der Waals surface area (Å²) in [6, 6.07) is 4.77. The van der Waals surface area contributed by atoms with Crippen LogP contribution >= 0.6 is 22.6 Å². The lowest BCUT2D eigenvalue weighted by Crippen LogP contribution is -2.33. The largest absolute Gasteiger partial charge is 0.507 e. The van der Waals surface area contributed by atoms with Crippen LogP contribution in [0.5, 0.6) is 5.75 Å². The summed E-state index contributed by atoms with van der Waals surface area (Å²) in [6.45, 7) is 0.274. The summed E-state index contributed by atoms with van der Waals surface area (Å²) in [5.74, 6) is 0.179. The van der Waals surface area contributed by atoms with Gasteiger partial charge < -0.3 is 15.5 Å². The van der Waals surface area contributed by atoms with E-state index in [0.717, 1.165) is 12.8 Å². The van der Waals surface area contributed by atoms with E-state index >= 15 is 0 Å². The number of amides is 1. The van der Waals surface area contributed by atoms with E-state index in [-0.39, 0.29) is 18.2 Å². The number of nitrogens with one attached hydrogen (secondary N) is 1. The minimum Gasteiger partial charge on any atom is -0.507 e. The highest BCUT2D eigenvalue weighted by atomic mass is 127. The number of aliphatic hydroxyl groups is 1. The van der Waals surface area contributed by atoms with E-state index in [9.17, 15) is 15.0 Å². The molecule has 0 aromatic heterocycles. The summed E-state index contributed by atoms with van der Waals surface area (Å²) in [6.07, 6.45) is 1.64. The predicted molar refractivity (Wildman–Crippen MR) is 71.9 cm³/mol. The summed E-state index contributed by atoms with van der Waals surface area (Å²) in [5, 5.41) is 21.8. The third kappa shape index (κ3) is 3.32. The van der Waals surface area contributed by atoms with E-state index in [1.165, 1.54) is 6.07 Å². The molecule has 0 bridgehead atoms. The summed E-state index contributed by atoms with van der Waals surface area (Å²) < 4.78 is 0.706. The minimum atomic E-state index is -0.448. The number of carbonyl (C=O) groups excluding carboxylic acids is 1. The number of phenolic OH excluding ortho intramolecular Hbond substituents is 1. The molecule has 3 N–H and O–H groups in total. The van der Waals surface area contributed by atoms with Crippen molar-refractivity contribution in [2.45, 2.75) is 18.9 Å². The number of phenols is 1. The van der Waals surface area contributed by atoms with Crippen LogP contribution in [0.15, 0.2) is 18.2 Å². The van der Waals surface area contributed by atoms with Gasteiger partial charge >= 0.3 is 0 Å². The van der Waals surface area contributed by atoms with Gasteiger partial charge in [-0.1, -0.05) is 0 Å². The van der Waals surface area contributed by atoms with Gasteiger partial charge in [0.2, 0.25) is 0 Å². The maximum absolute atomic E-state index is 11.7. The molecule has 92 valence electrons. The highest BCUT2D eigenvalue weighted by Gasteiger charge is 2.29. The molecule has 1 aliphatic carbocycles. The second-order valence-corrected chi connectivity index (χ2v) is 5.44. The Hall–Kier alpha value is -0.820. The van der Waals surface area contributed by atoms with Gasteiger partial charge in [-0.15, -0.1) is 0 Å². The number of benzene rings is 1. The van der Waals surface area contributed by atoms with E-state index in [0.29, 0.717) is 15.1 Å². The van der Waals surface area contributed by atoms with Gasteiger partial charge in [0.1, 0.15) is 5.75 Å². The number of aromatic hydroxyl groups is 1. The molecule has 5 heteroatoms. The van der Waals surface area contributed by atoms with Gasteiger partial charge in [0.15, 0.2) is 0 Å². The van der Waals surface area contributed by atoms with Crippen LogP contribution in [0.25, 0.3) is 0 Å². The molecular weight excluding hydrogens is 333 g/mol. The molecule has 0 spiro atoms. The Morgan fingerprint density at radius 2 is 2.24 bits per heavy atom. The lowest BCUT2D eigenvalue weighted by atomic mass is 10.2. The van der Waals surface area contributed by atoms with E-state index in [4.69, 9.17) is 0 Å². The average Bonchev–Trinajstić information content (AvgIpc) is 3.13. The Balaban J connectivity index is 1.92. The van der Waals surface area contributed by atoms with Gasteiger partial charge in [-0.25, -0.2) is 0 Å². The molecule has 1 fully saturated rings. The first-order chi connectivity index (χ1) is 8.08. The van der Waals surface area contributed by atoms with Crippen molar-refractivity contribution in [2.75, 3.05) is 6.54 Å². The van der Waals surface area contributed by atoms with Crippen LogP contribution in [0.2, 0.25) is 0 Å². The number of hydrogen-bond donors (Lipinski definition) is 3. The third-order valence-corrected chi connectivity index (χ3v) is 3.76. The Morgan fingerprint density at radius 3 is 2.82 bits per heavy atom. The van der Waals surface area contributed by atoms with E-state index in [1.807, 2.05) is 22.6 Å². The molecule has 1 aliphatic rings. The lowest BCUT2D eigenvalue weighted by molar-refractivity contribution is 0.0901. The molecule has 1 aromatic carbocycles. The molecule has 1 aromatic rings. The van der Waals surface area contributed by atoms with E-state index in [1.54, 1.807) is 12.1 Å². The zero-order chi connectivity index (χ0) is 12.4. The zero-order valence-corrected chi connectivity index (χ0v) is 11.3. The normalized spacial score (nSPS) is 16.6. The molecule has 17 heavy (non-hydrogen) atoms. The Bertz CT molecular complexity index is 432. The van der Waals surface area contributed by atoms with Crippen LogP contribution in [0.4, 0.5) is 0 Å². The summed E-state index contributed by atoms with van der Waals surface area (Å²) in [4.78, 5) is 11.7. The first-order valence-corrected chi connectivity index (χ1v) is 6.60. The van der Waals surface area contributed by atoms with Crippen LogP contribution in [-0.2, 0) is 0 Å². The Morgan fingerprint density at radius 1 is 1.53 bits per heavy atom. The van der Waals surface area contributed by atoms with Crippen molar-refractivity contribution in [3.8, 4) is 5.75 Å². The second kappa shape index (κ2) is 5.22. The van der Waals surface area contributed by atoms with Gasteiger partial charge in [0.25, 0.3) is 5.91 Å². The minimum absolute atomic E-state index is 0.0981. The number of halogens is 1. The van der Waals surface area contributed by atoms with Crippen LogP contribution in [-0.4, -0.2) is 28.8 Å². The number of aliphatic hydroxyl groups excluding tert-OH is 1. The van der Waals surface area contributed by atoms with Gasteiger partial charge in [-0.3, -0.25) is 4.79 Å². The standard InChI is InChI=1S/C12H14INO3/c13-9-4-3-8(5-10(9)15)12(17)14-6-11(16)7-1-2-7/h3-5,7,11,15-16H,1-2,6H2,(H,14,17). The van der Waals surface area contributed by atoms with Crippen LogP contribution < -0.4 is 5.32 Å². The molecule has 4 nitrogen and oxygen atoms in total. The van der Waals surface area contributed by atoms with Gasteiger partial charge in [-0.05, 0) is 59.5 Å². The molecule has 2 rings (SSSR count). The first kappa shape index (κ1) is 12.6. The van der Waals surface area contributed by atoms with Crippen LogP contribution in [0, 0.1) is 9.49 Å². The highest BCUT2D eigenvalue weighted by molar-refractivity contribution is 14.1. The maximum atomic E-state index is 11.7. The molecule has 1 unspecified atom stereocenters. The fourth-order valence-electron chi connectivity index (χ4n) is 1.60. The maximum Gasteiger partial charge on any atom is 0.251 e. The fourth-order valence-corrected chi connectivity index (χ4v) is 1.94. The monoisotopic (exact) mass is 347 g/mol. The van der Waals surface area contributed by atoms with Crippen LogP contribution in [0.3, 0.4) is 0 Å². The Kier molecular flexibility index (Phi) is 3.88. The van der Waals surface area contributed by atoms with Crippen LogP contribution in [0.1, 0.15) is 23.2 Å². The SMILES string of the molecule is O=C(NCC(O)C1CC1)c1ccc(I)c(O)c1. The summed E-state index contributed by atoms with van der Waals surface area (Å²) in [7, 11) is 0. The molecule has 0 radical (unpaired) electrons. The van der Waals surface area contributed by atoms with E-state index in [2.05, 4.69) is 5.32 Å². The third-order valence-electron chi connectivity index (χ3n) is 2.85. The molecular formula is C12H14INO3. The number of hydrogen-bond acceptors (Lipinski definition) is 3. The van der Waals surface area contributed by atoms with Gasteiger partial charge in [0, 0.05) is 12.1 Å². The second-order valence-electron chi connectivity index (χ2n) is 4.28. The van der Waals surface area contributed by atoms with Crippen molar-refractivity contribution >= 4 is 28.5 Å². The van der Waals surface area contributed by atoms with Gasteiger partial charge in [0.05, 0.1) is 9.67 Å². The van der Waals surface area contributed by atoms with Crippen molar-refractivity contribution in [1.29, 1.82) is 0 Å². The van der Waals surface area contributed by atoms with Crippen molar-refractivity contribution in [3.63, 3.8) is 0 Å². The number of rotatable bonds is 4. The predicted octanol–water partition coefficient (Wildman–Crippen LogP) is 1.50.